The lowest BCUT2D eigenvalue weighted by Gasteiger charge is -2.27. The van der Waals surface area contributed by atoms with Crippen molar-refractivity contribution in [2.75, 3.05) is 51.9 Å². The molecular weight excluding hydrogens is 224 g/mol. The number of methoxy groups -OCH3 is 2. The van der Waals surface area contributed by atoms with Gasteiger partial charge in [0.25, 0.3) is 0 Å². The lowest BCUT2D eigenvalue weighted by molar-refractivity contribution is -0.00461. The maximum atomic E-state index is 5.44. The number of hydrogen-bond donors (Lipinski definition) is 1. The lowest BCUT2D eigenvalue weighted by Crippen LogP contribution is -2.45. The second-order valence-corrected chi connectivity index (χ2v) is 5.64. The summed E-state index contributed by atoms with van der Waals surface area (Å²) >= 11 is 2.05. The molecule has 0 aromatic heterocycles. The molecule has 5 heteroatoms. The van der Waals surface area contributed by atoms with Crippen LogP contribution in [0.15, 0.2) is 0 Å². The summed E-state index contributed by atoms with van der Waals surface area (Å²) in [5, 5.41) is 3.57. The van der Waals surface area contributed by atoms with Crippen LogP contribution in [0.3, 0.4) is 0 Å². The van der Waals surface area contributed by atoms with Gasteiger partial charge in [0.05, 0.1) is 12.2 Å². The van der Waals surface area contributed by atoms with Crippen molar-refractivity contribution >= 4 is 11.8 Å². The zero-order valence-electron chi connectivity index (χ0n) is 10.1. The fraction of sp³-hybridized carbons (Fsp3) is 1.00. The van der Waals surface area contributed by atoms with Crippen molar-refractivity contribution < 1.29 is 9.47 Å². The van der Waals surface area contributed by atoms with Crippen LogP contribution in [0.5, 0.6) is 0 Å². The van der Waals surface area contributed by atoms with Crippen molar-refractivity contribution in [1.29, 1.82) is 0 Å². The van der Waals surface area contributed by atoms with Gasteiger partial charge in [0.15, 0.2) is 0 Å². The average Bonchev–Trinajstić information content (AvgIpc) is 2.72. The first kappa shape index (κ1) is 12.6. The van der Waals surface area contributed by atoms with Gasteiger partial charge in [-0.1, -0.05) is 0 Å². The van der Waals surface area contributed by atoms with Crippen LogP contribution >= 0.6 is 11.8 Å². The van der Waals surface area contributed by atoms with Crippen LogP contribution in [0.1, 0.15) is 0 Å². The highest BCUT2D eigenvalue weighted by molar-refractivity contribution is 7.99. The van der Waals surface area contributed by atoms with E-state index in [4.69, 9.17) is 9.47 Å². The second kappa shape index (κ2) is 6.21. The zero-order chi connectivity index (χ0) is 11.4. The normalized spacial score (nSPS) is 36.8. The number of ether oxygens (including phenoxy) is 2. The third kappa shape index (κ3) is 3.11. The SMILES string of the molecule is COC1CN(CC2CSCCN2)CC1OC. The molecule has 1 N–H and O–H groups in total. The van der Waals surface area contributed by atoms with Gasteiger partial charge in [0.1, 0.15) is 0 Å². The number of nitrogens with zero attached hydrogens (tertiary/aromatic N) is 1. The minimum atomic E-state index is 0.237. The molecule has 0 amide bonds. The van der Waals surface area contributed by atoms with E-state index < -0.39 is 0 Å². The summed E-state index contributed by atoms with van der Waals surface area (Å²) in [6, 6.07) is 0.631. The van der Waals surface area contributed by atoms with Crippen molar-refractivity contribution in [1.82, 2.24) is 10.2 Å². The molecule has 94 valence electrons. The highest BCUT2D eigenvalue weighted by atomic mass is 32.2. The predicted molar refractivity (Wildman–Crippen MR) is 67.1 cm³/mol. The van der Waals surface area contributed by atoms with Crippen molar-refractivity contribution in [3.8, 4) is 0 Å². The smallest absolute Gasteiger partial charge is 0.0971 e. The zero-order valence-corrected chi connectivity index (χ0v) is 11.0. The first-order chi connectivity index (χ1) is 7.83. The van der Waals surface area contributed by atoms with Gasteiger partial charge in [0, 0.05) is 57.9 Å². The third-order valence-corrected chi connectivity index (χ3v) is 4.50. The van der Waals surface area contributed by atoms with Gasteiger partial charge in [-0.2, -0.15) is 11.8 Å². The Hall–Kier alpha value is 0.190. The van der Waals surface area contributed by atoms with E-state index >= 15 is 0 Å². The van der Waals surface area contributed by atoms with Crippen LogP contribution in [0, 0.1) is 0 Å². The van der Waals surface area contributed by atoms with Crippen LogP contribution < -0.4 is 5.32 Å². The second-order valence-electron chi connectivity index (χ2n) is 4.49. The van der Waals surface area contributed by atoms with Crippen LogP contribution in [-0.2, 0) is 9.47 Å². The fourth-order valence-electron chi connectivity index (χ4n) is 2.47. The molecule has 0 saturated carbocycles. The fourth-order valence-corrected chi connectivity index (χ4v) is 3.41. The van der Waals surface area contributed by atoms with Gasteiger partial charge in [-0.3, -0.25) is 4.90 Å². The van der Waals surface area contributed by atoms with Gasteiger partial charge in [0.2, 0.25) is 0 Å². The largest absolute Gasteiger partial charge is 0.377 e. The summed E-state index contributed by atoms with van der Waals surface area (Å²) in [6.45, 7) is 4.26. The Kier molecular flexibility index (Phi) is 4.91. The quantitative estimate of drug-likeness (QED) is 0.757. The first-order valence-corrected chi connectivity index (χ1v) is 7.08. The number of nitrogens with one attached hydrogen (secondary N) is 1. The molecule has 2 fully saturated rings. The van der Waals surface area contributed by atoms with E-state index in [9.17, 15) is 0 Å². The van der Waals surface area contributed by atoms with E-state index in [2.05, 4.69) is 10.2 Å². The monoisotopic (exact) mass is 246 g/mol. The molecule has 3 atom stereocenters. The summed E-state index contributed by atoms with van der Waals surface area (Å²) in [4.78, 5) is 2.45. The molecule has 2 aliphatic rings. The van der Waals surface area contributed by atoms with E-state index in [1.165, 1.54) is 11.5 Å². The van der Waals surface area contributed by atoms with Gasteiger partial charge in [-0.05, 0) is 0 Å². The molecular formula is C11H22N2O2S. The molecule has 3 unspecified atom stereocenters. The Labute approximate surface area is 102 Å². The maximum Gasteiger partial charge on any atom is 0.0971 e. The standard InChI is InChI=1S/C11H22N2O2S/c1-14-10-6-13(7-11(10)15-2)5-9-8-16-4-3-12-9/h9-12H,3-8H2,1-2H3. The third-order valence-electron chi connectivity index (χ3n) is 3.37. The van der Waals surface area contributed by atoms with Gasteiger partial charge in [-0.15, -0.1) is 0 Å². The minimum Gasteiger partial charge on any atom is -0.377 e. The molecule has 4 nitrogen and oxygen atoms in total. The molecule has 16 heavy (non-hydrogen) atoms. The van der Waals surface area contributed by atoms with Crippen LogP contribution in [0.2, 0.25) is 0 Å². The Bertz CT molecular complexity index is 200. The van der Waals surface area contributed by atoms with E-state index in [0.717, 1.165) is 26.2 Å². The Balaban J connectivity index is 1.78. The highest BCUT2D eigenvalue weighted by Gasteiger charge is 2.33. The molecule has 2 saturated heterocycles. The van der Waals surface area contributed by atoms with Crippen LogP contribution in [-0.4, -0.2) is 75.1 Å². The molecule has 2 rings (SSSR count). The molecule has 2 heterocycles. The average molecular weight is 246 g/mol. The van der Waals surface area contributed by atoms with E-state index in [-0.39, 0.29) is 12.2 Å². The number of thioether (sulfide) groups is 1. The van der Waals surface area contributed by atoms with Crippen molar-refractivity contribution in [3.05, 3.63) is 0 Å². The predicted octanol–water partition coefficient (Wildman–Crippen LogP) is 0.0370. The summed E-state index contributed by atoms with van der Waals surface area (Å²) in [6.07, 6.45) is 0.475. The molecule has 0 aromatic carbocycles. The van der Waals surface area contributed by atoms with E-state index in [1.807, 2.05) is 11.8 Å². The maximum absolute atomic E-state index is 5.44. The molecule has 0 bridgehead atoms. The highest BCUT2D eigenvalue weighted by Crippen LogP contribution is 2.17. The topological polar surface area (TPSA) is 33.7 Å². The molecule has 0 spiro atoms. The number of hydrogen-bond acceptors (Lipinski definition) is 5. The first-order valence-electron chi connectivity index (χ1n) is 5.92. The summed E-state index contributed by atoms with van der Waals surface area (Å²) in [5.41, 5.74) is 0. The molecule has 0 aliphatic carbocycles. The van der Waals surface area contributed by atoms with Crippen molar-refractivity contribution in [2.24, 2.45) is 0 Å². The lowest BCUT2D eigenvalue weighted by atomic mass is 10.3. The Morgan fingerprint density at radius 3 is 2.44 bits per heavy atom. The molecule has 2 aliphatic heterocycles. The summed E-state index contributed by atoms with van der Waals surface area (Å²) < 4.78 is 10.9. The van der Waals surface area contributed by atoms with Gasteiger partial charge < -0.3 is 14.8 Å². The molecule has 0 radical (unpaired) electrons. The van der Waals surface area contributed by atoms with Gasteiger partial charge >= 0.3 is 0 Å². The minimum absolute atomic E-state index is 0.237. The van der Waals surface area contributed by atoms with Crippen molar-refractivity contribution in [2.45, 2.75) is 18.2 Å². The van der Waals surface area contributed by atoms with Crippen LogP contribution in [0.4, 0.5) is 0 Å². The van der Waals surface area contributed by atoms with Crippen molar-refractivity contribution in [3.63, 3.8) is 0 Å². The Morgan fingerprint density at radius 2 is 1.94 bits per heavy atom. The van der Waals surface area contributed by atoms with E-state index in [1.54, 1.807) is 14.2 Å². The number of rotatable bonds is 4. The molecule has 0 aromatic rings. The van der Waals surface area contributed by atoms with Gasteiger partial charge in [-0.25, -0.2) is 0 Å². The Morgan fingerprint density at radius 1 is 1.25 bits per heavy atom. The van der Waals surface area contributed by atoms with E-state index in [0.29, 0.717) is 6.04 Å². The summed E-state index contributed by atoms with van der Waals surface area (Å²) in [5.74, 6) is 2.48. The summed E-state index contributed by atoms with van der Waals surface area (Å²) in [7, 11) is 3.55. The van der Waals surface area contributed by atoms with Crippen LogP contribution in [0.25, 0.3) is 0 Å². The number of likely N-dealkylation sites (tertiary alicyclic amines) is 1.